The molecule has 3 rings (SSSR count). The second-order valence-corrected chi connectivity index (χ2v) is 6.13. The fourth-order valence-electron chi connectivity index (χ4n) is 2.42. The average molecular weight is 348 g/mol. The molecule has 2 N–H and O–H groups in total. The monoisotopic (exact) mass is 347 g/mol. The first kappa shape index (κ1) is 13.4. The topological polar surface area (TPSA) is 60.2 Å². The summed E-state index contributed by atoms with van der Waals surface area (Å²) in [6.45, 7) is 0. The number of nitrogens with two attached hydrogens (primary N) is 1. The summed E-state index contributed by atoms with van der Waals surface area (Å²) in [5, 5.41) is 0. The zero-order valence-electron chi connectivity index (χ0n) is 10.6. The number of anilines is 1. The molecule has 0 amide bonds. The molecule has 0 aliphatic heterocycles. The fourth-order valence-corrected chi connectivity index (χ4v) is 3.73. The number of hydrogen-bond acceptors (Lipinski definition) is 4. The van der Waals surface area contributed by atoms with E-state index < -0.39 is 0 Å². The molecule has 0 fully saturated rings. The zero-order chi connectivity index (χ0) is 14.4. The van der Waals surface area contributed by atoms with Crippen molar-refractivity contribution in [3.8, 4) is 0 Å². The summed E-state index contributed by atoms with van der Waals surface area (Å²) < 4.78 is 0.610. The Balaban J connectivity index is 2.39. The molecule has 2 aromatic rings. The standard InChI is InChI=1S/C15H10BrNO2S/c1-20-10-6-9(16)11-12(13(10)17)15(19)8-5-3-2-4-7(8)14(11)18/h2-6H,17H2,1H3. The maximum atomic E-state index is 12.6. The summed E-state index contributed by atoms with van der Waals surface area (Å²) in [6, 6.07) is 8.63. The molecule has 5 heteroatoms. The van der Waals surface area contributed by atoms with Crippen LogP contribution in [-0.4, -0.2) is 17.8 Å². The first-order valence-corrected chi connectivity index (χ1v) is 7.92. The lowest BCUT2D eigenvalue weighted by Gasteiger charge is -2.21. The van der Waals surface area contributed by atoms with Crippen molar-refractivity contribution < 1.29 is 9.59 Å². The number of halogens is 1. The van der Waals surface area contributed by atoms with E-state index in [0.29, 0.717) is 32.4 Å². The number of nitrogen functional groups attached to an aromatic ring is 1. The van der Waals surface area contributed by atoms with Gasteiger partial charge in [0, 0.05) is 20.5 Å². The van der Waals surface area contributed by atoms with Gasteiger partial charge in [0.05, 0.1) is 16.8 Å². The summed E-state index contributed by atoms with van der Waals surface area (Å²) in [4.78, 5) is 26.0. The molecular formula is C15H10BrNO2S. The summed E-state index contributed by atoms with van der Waals surface area (Å²) in [6.07, 6.45) is 1.88. The van der Waals surface area contributed by atoms with Crippen molar-refractivity contribution in [2.75, 3.05) is 12.0 Å². The highest BCUT2D eigenvalue weighted by Crippen LogP contribution is 2.39. The van der Waals surface area contributed by atoms with Gasteiger partial charge in [-0.15, -0.1) is 11.8 Å². The van der Waals surface area contributed by atoms with E-state index in [2.05, 4.69) is 15.9 Å². The van der Waals surface area contributed by atoms with Crippen molar-refractivity contribution in [1.29, 1.82) is 0 Å². The maximum absolute atomic E-state index is 12.6. The molecule has 100 valence electrons. The Morgan fingerprint density at radius 3 is 2.15 bits per heavy atom. The molecule has 20 heavy (non-hydrogen) atoms. The molecule has 0 saturated heterocycles. The molecule has 1 aliphatic carbocycles. The highest BCUT2D eigenvalue weighted by molar-refractivity contribution is 9.10. The first-order chi connectivity index (χ1) is 9.56. The molecule has 0 spiro atoms. The molecule has 0 saturated carbocycles. The Hall–Kier alpha value is -1.59. The second-order valence-electron chi connectivity index (χ2n) is 4.43. The molecule has 0 unspecified atom stereocenters. The lowest BCUT2D eigenvalue weighted by molar-refractivity contribution is 0.0979. The molecule has 0 aromatic heterocycles. The van der Waals surface area contributed by atoms with Crippen LogP contribution in [0.3, 0.4) is 0 Å². The third-order valence-electron chi connectivity index (χ3n) is 3.37. The number of rotatable bonds is 1. The average Bonchev–Trinajstić information content (AvgIpc) is 2.46. The van der Waals surface area contributed by atoms with Crippen molar-refractivity contribution in [3.05, 3.63) is 57.1 Å². The Labute approximate surface area is 128 Å². The lowest BCUT2D eigenvalue weighted by atomic mass is 9.83. The van der Waals surface area contributed by atoms with Crippen molar-refractivity contribution in [2.24, 2.45) is 0 Å². The number of hydrogen-bond donors (Lipinski definition) is 1. The van der Waals surface area contributed by atoms with Gasteiger partial charge >= 0.3 is 0 Å². The normalized spacial score (nSPS) is 13.1. The predicted octanol–water partition coefficient (Wildman–Crippen LogP) is 3.53. The summed E-state index contributed by atoms with van der Waals surface area (Å²) in [7, 11) is 0. The third-order valence-corrected chi connectivity index (χ3v) is 4.77. The smallest absolute Gasteiger partial charge is 0.196 e. The Morgan fingerprint density at radius 1 is 1.05 bits per heavy atom. The Kier molecular flexibility index (Phi) is 3.18. The fraction of sp³-hybridized carbons (Fsp3) is 0.0667. The molecule has 0 atom stereocenters. The van der Waals surface area contributed by atoms with Gasteiger partial charge in [-0.3, -0.25) is 9.59 Å². The van der Waals surface area contributed by atoms with Crippen LogP contribution in [0.4, 0.5) is 5.69 Å². The number of thioether (sulfide) groups is 1. The van der Waals surface area contributed by atoms with Crippen molar-refractivity contribution in [2.45, 2.75) is 4.90 Å². The van der Waals surface area contributed by atoms with E-state index in [4.69, 9.17) is 5.73 Å². The maximum Gasteiger partial charge on any atom is 0.196 e. The minimum atomic E-state index is -0.190. The zero-order valence-corrected chi connectivity index (χ0v) is 13.0. The van der Waals surface area contributed by atoms with Crippen molar-refractivity contribution >= 4 is 44.9 Å². The summed E-state index contributed by atoms with van der Waals surface area (Å²) in [5.41, 5.74) is 7.98. The molecule has 0 heterocycles. The van der Waals surface area contributed by atoms with Crippen LogP contribution in [0.25, 0.3) is 0 Å². The number of carbonyl (C=O) groups is 2. The first-order valence-electron chi connectivity index (χ1n) is 5.90. The quantitative estimate of drug-likeness (QED) is 0.540. The van der Waals surface area contributed by atoms with Gasteiger partial charge in [-0.25, -0.2) is 0 Å². The Bertz CT molecular complexity index is 771. The highest BCUT2D eigenvalue weighted by atomic mass is 79.9. The van der Waals surface area contributed by atoms with E-state index in [1.54, 1.807) is 30.3 Å². The minimum Gasteiger partial charge on any atom is -0.397 e. The van der Waals surface area contributed by atoms with Gasteiger partial charge in [-0.2, -0.15) is 0 Å². The number of carbonyl (C=O) groups excluding carboxylic acids is 2. The van der Waals surface area contributed by atoms with E-state index in [-0.39, 0.29) is 11.6 Å². The van der Waals surface area contributed by atoms with Crippen LogP contribution in [-0.2, 0) is 0 Å². The van der Waals surface area contributed by atoms with Crippen LogP contribution in [0.2, 0.25) is 0 Å². The van der Waals surface area contributed by atoms with E-state index in [0.717, 1.165) is 4.90 Å². The molecule has 0 bridgehead atoms. The van der Waals surface area contributed by atoms with Crippen molar-refractivity contribution in [1.82, 2.24) is 0 Å². The predicted molar refractivity (Wildman–Crippen MR) is 83.6 cm³/mol. The summed E-state index contributed by atoms with van der Waals surface area (Å²) >= 11 is 4.83. The molecule has 1 aliphatic rings. The molecule has 2 aromatic carbocycles. The number of fused-ring (bicyclic) bond motifs is 2. The minimum absolute atomic E-state index is 0.165. The van der Waals surface area contributed by atoms with Gasteiger partial charge in [-0.05, 0) is 28.3 Å². The van der Waals surface area contributed by atoms with Crippen LogP contribution in [0.15, 0.2) is 39.7 Å². The van der Waals surface area contributed by atoms with Crippen LogP contribution in [0.5, 0.6) is 0 Å². The Morgan fingerprint density at radius 2 is 1.60 bits per heavy atom. The van der Waals surface area contributed by atoms with E-state index in [9.17, 15) is 9.59 Å². The third kappa shape index (κ3) is 1.73. The lowest BCUT2D eigenvalue weighted by Crippen LogP contribution is -2.23. The SMILES string of the molecule is CSc1cc(Br)c2c(c1N)C(=O)c1ccccc1C2=O. The second kappa shape index (κ2) is 4.75. The largest absolute Gasteiger partial charge is 0.397 e. The van der Waals surface area contributed by atoms with E-state index in [1.807, 2.05) is 6.26 Å². The summed E-state index contributed by atoms with van der Waals surface area (Å²) in [5.74, 6) is -0.356. The number of ketones is 2. The highest BCUT2D eigenvalue weighted by Gasteiger charge is 2.33. The van der Waals surface area contributed by atoms with Gasteiger partial charge in [0.1, 0.15) is 0 Å². The molecule has 3 nitrogen and oxygen atoms in total. The van der Waals surface area contributed by atoms with E-state index >= 15 is 0 Å². The van der Waals surface area contributed by atoms with Crippen molar-refractivity contribution in [3.63, 3.8) is 0 Å². The van der Waals surface area contributed by atoms with E-state index in [1.165, 1.54) is 11.8 Å². The molecule has 0 radical (unpaired) electrons. The van der Waals surface area contributed by atoms with Crippen LogP contribution in [0, 0.1) is 0 Å². The molecular weight excluding hydrogens is 338 g/mol. The van der Waals surface area contributed by atoms with Gasteiger partial charge in [0.2, 0.25) is 0 Å². The van der Waals surface area contributed by atoms with Crippen LogP contribution >= 0.6 is 27.7 Å². The van der Waals surface area contributed by atoms with Gasteiger partial charge in [0.15, 0.2) is 11.6 Å². The van der Waals surface area contributed by atoms with Gasteiger partial charge in [-0.1, -0.05) is 24.3 Å². The number of benzene rings is 2. The van der Waals surface area contributed by atoms with Gasteiger partial charge < -0.3 is 5.73 Å². The van der Waals surface area contributed by atoms with Crippen LogP contribution < -0.4 is 5.73 Å². The van der Waals surface area contributed by atoms with Gasteiger partial charge in [0.25, 0.3) is 0 Å². The van der Waals surface area contributed by atoms with Crippen LogP contribution in [0.1, 0.15) is 31.8 Å².